The van der Waals surface area contributed by atoms with Crippen LogP contribution in [0.5, 0.6) is 0 Å². The van der Waals surface area contributed by atoms with Crippen LogP contribution in [0.3, 0.4) is 0 Å². The predicted octanol–water partition coefficient (Wildman–Crippen LogP) is 3.58. The molecule has 3 unspecified atom stereocenters. The van der Waals surface area contributed by atoms with Gasteiger partial charge in [-0.25, -0.2) is 0 Å². The van der Waals surface area contributed by atoms with Crippen molar-refractivity contribution in [3.05, 3.63) is 17.5 Å². The highest BCUT2D eigenvalue weighted by molar-refractivity contribution is 7.99. The normalized spacial score (nSPS) is 24.0. The average molecular weight is 365 g/mol. The molecular weight excluding hydrogens is 340 g/mol. The summed E-state index contributed by atoms with van der Waals surface area (Å²) in [6, 6.07) is 4.34. The minimum atomic E-state index is 0.0895. The van der Waals surface area contributed by atoms with Gasteiger partial charge in [-0.15, -0.1) is 21.5 Å². The van der Waals surface area contributed by atoms with Gasteiger partial charge in [0.05, 0.1) is 10.6 Å². The first-order valence-corrected chi connectivity index (χ1v) is 10.3. The van der Waals surface area contributed by atoms with Crippen LogP contribution in [-0.2, 0) is 11.8 Å². The van der Waals surface area contributed by atoms with Gasteiger partial charge < -0.3 is 9.88 Å². The molecule has 24 heavy (non-hydrogen) atoms. The van der Waals surface area contributed by atoms with E-state index in [2.05, 4.69) is 29.4 Å². The Hall–Kier alpha value is -1.34. The molecule has 1 aliphatic carbocycles. The van der Waals surface area contributed by atoms with Gasteiger partial charge in [0.1, 0.15) is 0 Å². The third kappa shape index (κ3) is 3.83. The number of nitrogens with one attached hydrogen (secondary N) is 1. The molecule has 0 radical (unpaired) electrons. The van der Waals surface area contributed by atoms with Crippen LogP contribution in [0, 0.1) is 11.8 Å². The molecule has 1 N–H and O–H groups in total. The molecule has 0 aliphatic heterocycles. The number of thiophene rings is 1. The Bertz CT molecular complexity index is 683. The molecule has 3 atom stereocenters. The van der Waals surface area contributed by atoms with E-state index in [4.69, 9.17) is 0 Å². The van der Waals surface area contributed by atoms with Crippen LogP contribution in [0.1, 0.15) is 33.1 Å². The van der Waals surface area contributed by atoms with E-state index in [1.54, 1.807) is 11.3 Å². The van der Waals surface area contributed by atoms with Crippen LogP contribution in [0.15, 0.2) is 22.7 Å². The zero-order chi connectivity index (χ0) is 17.1. The van der Waals surface area contributed by atoms with E-state index >= 15 is 0 Å². The van der Waals surface area contributed by atoms with Crippen molar-refractivity contribution in [2.45, 2.75) is 44.3 Å². The van der Waals surface area contributed by atoms with Gasteiger partial charge in [0, 0.05) is 13.1 Å². The number of aromatic nitrogens is 3. The number of carbonyl (C=O) groups excluding carboxylic acids is 1. The molecule has 1 saturated carbocycles. The van der Waals surface area contributed by atoms with E-state index < -0.39 is 0 Å². The summed E-state index contributed by atoms with van der Waals surface area (Å²) in [7, 11) is 1.94. The van der Waals surface area contributed by atoms with E-state index in [-0.39, 0.29) is 5.91 Å². The lowest BCUT2D eigenvalue weighted by molar-refractivity contribution is -0.120. The van der Waals surface area contributed by atoms with Gasteiger partial charge in [-0.1, -0.05) is 44.5 Å². The van der Waals surface area contributed by atoms with Crippen LogP contribution in [0.4, 0.5) is 0 Å². The Morgan fingerprint density at radius 1 is 1.42 bits per heavy atom. The van der Waals surface area contributed by atoms with Gasteiger partial charge in [-0.3, -0.25) is 4.79 Å². The van der Waals surface area contributed by atoms with Crippen molar-refractivity contribution in [2.75, 3.05) is 5.75 Å². The molecule has 1 amide bonds. The van der Waals surface area contributed by atoms with Crippen molar-refractivity contribution in [1.29, 1.82) is 0 Å². The summed E-state index contributed by atoms with van der Waals surface area (Å²) in [5.74, 6) is 2.56. The highest BCUT2D eigenvalue weighted by atomic mass is 32.2. The standard InChI is InChI=1S/C17H24N4OS2/c1-11-6-4-7-13(12(11)2)18-15(22)10-24-17-20-19-16(21(17)3)14-8-5-9-23-14/h5,8-9,11-13H,4,6-7,10H2,1-3H3,(H,18,22). The molecule has 130 valence electrons. The summed E-state index contributed by atoms with van der Waals surface area (Å²) in [6.07, 6.45) is 3.57. The third-order valence-corrected chi connectivity index (χ3v) is 6.85. The number of hydrogen-bond donors (Lipinski definition) is 1. The maximum absolute atomic E-state index is 12.3. The first-order chi connectivity index (χ1) is 11.6. The molecule has 1 aliphatic rings. The summed E-state index contributed by atoms with van der Waals surface area (Å²) < 4.78 is 1.95. The second-order valence-corrected chi connectivity index (χ2v) is 8.46. The van der Waals surface area contributed by atoms with Crippen LogP contribution in [0.2, 0.25) is 0 Å². The summed E-state index contributed by atoms with van der Waals surface area (Å²) in [6.45, 7) is 4.53. The van der Waals surface area contributed by atoms with Gasteiger partial charge in [-0.2, -0.15) is 0 Å². The maximum atomic E-state index is 12.3. The van der Waals surface area contributed by atoms with Crippen molar-refractivity contribution in [3.8, 4) is 10.7 Å². The third-order valence-electron chi connectivity index (χ3n) is 4.96. The number of amides is 1. The van der Waals surface area contributed by atoms with Crippen LogP contribution in [-0.4, -0.2) is 32.5 Å². The molecule has 0 bridgehead atoms. The largest absolute Gasteiger partial charge is 0.352 e. The topological polar surface area (TPSA) is 59.8 Å². The Kier molecular flexibility index (Phi) is 5.61. The second-order valence-electron chi connectivity index (χ2n) is 6.57. The molecule has 3 rings (SSSR count). The molecule has 2 aromatic heterocycles. The van der Waals surface area contributed by atoms with Gasteiger partial charge in [0.15, 0.2) is 11.0 Å². The van der Waals surface area contributed by atoms with E-state index in [1.807, 2.05) is 29.1 Å². The van der Waals surface area contributed by atoms with Crippen molar-refractivity contribution >= 4 is 29.0 Å². The van der Waals surface area contributed by atoms with E-state index in [1.165, 1.54) is 24.6 Å². The number of rotatable bonds is 5. The molecular formula is C17H24N4OS2. The maximum Gasteiger partial charge on any atom is 0.230 e. The summed E-state index contributed by atoms with van der Waals surface area (Å²) in [4.78, 5) is 13.4. The smallest absolute Gasteiger partial charge is 0.230 e. The molecule has 5 nitrogen and oxygen atoms in total. The van der Waals surface area contributed by atoms with Crippen molar-refractivity contribution in [3.63, 3.8) is 0 Å². The first-order valence-electron chi connectivity index (χ1n) is 8.41. The molecule has 7 heteroatoms. The fourth-order valence-electron chi connectivity index (χ4n) is 3.23. The van der Waals surface area contributed by atoms with Crippen LogP contribution < -0.4 is 5.32 Å². The number of nitrogens with zero attached hydrogens (tertiary/aromatic N) is 3. The van der Waals surface area contributed by atoms with E-state index in [9.17, 15) is 4.79 Å². The average Bonchev–Trinajstić information content (AvgIpc) is 3.19. The van der Waals surface area contributed by atoms with E-state index in [0.717, 1.165) is 22.3 Å². The lowest BCUT2D eigenvalue weighted by Gasteiger charge is -2.34. The van der Waals surface area contributed by atoms with Gasteiger partial charge in [0.2, 0.25) is 5.91 Å². The number of thioether (sulfide) groups is 1. The minimum Gasteiger partial charge on any atom is -0.352 e. The molecule has 0 spiro atoms. The molecule has 1 fully saturated rings. The first kappa shape index (κ1) is 17.5. The van der Waals surface area contributed by atoms with Crippen molar-refractivity contribution in [2.24, 2.45) is 18.9 Å². The SMILES string of the molecule is CC1CCCC(NC(=O)CSc2nnc(-c3cccs3)n2C)C1C. The molecule has 2 heterocycles. The molecule has 0 aromatic carbocycles. The van der Waals surface area contributed by atoms with Crippen LogP contribution >= 0.6 is 23.1 Å². The zero-order valence-electron chi connectivity index (χ0n) is 14.4. The van der Waals surface area contributed by atoms with Gasteiger partial charge in [-0.05, 0) is 29.7 Å². The Morgan fingerprint density at radius 2 is 2.25 bits per heavy atom. The highest BCUT2D eigenvalue weighted by Crippen LogP contribution is 2.30. The fraction of sp³-hybridized carbons (Fsp3) is 0.588. The summed E-state index contributed by atoms with van der Waals surface area (Å²) >= 11 is 3.09. The fourth-order valence-corrected chi connectivity index (χ4v) is 4.69. The Labute approximate surface area is 151 Å². The second kappa shape index (κ2) is 7.70. The highest BCUT2D eigenvalue weighted by Gasteiger charge is 2.28. The Morgan fingerprint density at radius 3 is 3.00 bits per heavy atom. The van der Waals surface area contributed by atoms with Crippen molar-refractivity contribution in [1.82, 2.24) is 20.1 Å². The number of carbonyl (C=O) groups is 1. The summed E-state index contributed by atoms with van der Waals surface area (Å²) in [5, 5.41) is 14.5. The quantitative estimate of drug-likeness (QED) is 0.824. The van der Waals surface area contributed by atoms with Gasteiger partial charge in [0.25, 0.3) is 0 Å². The lowest BCUT2D eigenvalue weighted by atomic mass is 9.78. The number of hydrogen-bond acceptors (Lipinski definition) is 5. The van der Waals surface area contributed by atoms with E-state index in [0.29, 0.717) is 23.6 Å². The monoisotopic (exact) mass is 364 g/mol. The summed E-state index contributed by atoms with van der Waals surface area (Å²) in [5.41, 5.74) is 0. The minimum absolute atomic E-state index is 0.0895. The van der Waals surface area contributed by atoms with Crippen LogP contribution in [0.25, 0.3) is 10.7 Å². The lowest BCUT2D eigenvalue weighted by Crippen LogP contribution is -2.44. The Balaban J connectivity index is 1.55. The molecule has 2 aromatic rings. The van der Waals surface area contributed by atoms with Crippen molar-refractivity contribution < 1.29 is 4.79 Å². The predicted molar refractivity (Wildman–Crippen MR) is 99.1 cm³/mol. The molecule has 0 saturated heterocycles. The zero-order valence-corrected chi connectivity index (χ0v) is 16.0. The van der Waals surface area contributed by atoms with Gasteiger partial charge >= 0.3 is 0 Å².